The molecule has 0 aliphatic carbocycles. The fourth-order valence-corrected chi connectivity index (χ4v) is 5.46. The molecule has 0 fully saturated rings. The van der Waals surface area contributed by atoms with Crippen LogP contribution >= 0.6 is 11.6 Å². The Morgan fingerprint density at radius 2 is 1.57 bits per heavy atom. The second kappa shape index (κ2) is 13.3. The SMILES string of the molecule is CC(C)c1ccc(N(CC(=O)N/N=C/c2ccc(OCc3ccccc3Cl)cc2)S(=O)(=O)c2ccccc2)cc1. The maximum absolute atomic E-state index is 13.5. The van der Waals surface area contributed by atoms with Gasteiger partial charge in [-0.3, -0.25) is 9.10 Å². The number of hydrogen-bond donors (Lipinski definition) is 1. The first-order chi connectivity index (χ1) is 19.2. The van der Waals surface area contributed by atoms with E-state index in [-0.39, 0.29) is 10.8 Å². The molecular weight excluding hydrogens is 546 g/mol. The number of hydrazone groups is 1. The number of nitrogens with zero attached hydrogens (tertiary/aromatic N) is 2. The van der Waals surface area contributed by atoms with E-state index in [4.69, 9.17) is 16.3 Å². The number of carbonyl (C=O) groups excluding carboxylic acids is 1. The van der Waals surface area contributed by atoms with Crippen molar-refractivity contribution in [2.75, 3.05) is 10.8 Å². The van der Waals surface area contributed by atoms with Gasteiger partial charge < -0.3 is 4.74 Å². The summed E-state index contributed by atoms with van der Waals surface area (Å²) in [7, 11) is -3.99. The van der Waals surface area contributed by atoms with Crippen molar-refractivity contribution < 1.29 is 17.9 Å². The zero-order chi connectivity index (χ0) is 28.5. The molecule has 4 aromatic carbocycles. The lowest BCUT2D eigenvalue weighted by molar-refractivity contribution is -0.119. The fourth-order valence-electron chi connectivity index (χ4n) is 3.83. The first-order valence-corrected chi connectivity index (χ1v) is 14.5. The highest BCUT2D eigenvalue weighted by Gasteiger charge is 2.27. The molecule has 4 aromatic rings. The van der Waals surface area contributed by atoms with E-state index in [0.717, 1.165) is 21.0 Å². The van der Waals surface area contributed by atoms with Crippen LogP contribution in [0.15, 0.2) is 113 Å². The molecular formula is C31H30ClN3O4S. The van der Waals surface area contributed by atoms with Crippen LogP contribution < -0.4 is 14.5 Å². The van der Waals surface area contributed by atoms with E-state index >= 15 is 0 Å². The molecule has 1 amide bonds. The van der Waals surface area contributed by atoms with Crippen LogP contribution in [-0.4, -0.2) is 27.1 Å². The average Bonchev–Trinajstić information content (AvgIpc) is 2.96. The Morgan fingerprint density at radius 1 is 0.925 bits per heavy atom. The molecule has 0 aromatic heterocycles. The number of sulfonamides is 1. The third kappa shape index (κ3) is 7.49. The van der Waals surface area contributed by atoms with Crippen LogP contribution in [0.3, 0.4) is 0 Å². The summed E-state index contributed by atoms with van der Waals surface area (Å²) < 4.78 is 33.8. The van der Waals surface area contributed by atoms with Gasteiger partial charge in [-0.25, -0.2) is 13.8 Å². The number of rotatable bonds is 11. The third-order valence-corrected chi connectivity index (χ3v) is 8.26. The Balaban J connectivity index is 1.41. The summed E-state index contributed by atoms with van der Waals surface area (Å²) >= 11 is 6.17. The zero-order valence-electron chi connectivity index (χ0n) is 22.2. The van der Waals surface area contributed by atoms with Crippen molar-refractivity contribution in [1.82, 2.24) is 5.43 Å². The average molecular weight is 576 g/mol. The zero-order valence-corrected chi connectivity index (χ0v) is 23.8. The summed E-state index contributed by atoms with van der Waals surface area (Å²) in [6, 6.07) is 29.8. The molecule has 1 N–H and O–H groups in total. The van der Waals surface area contributed by atoms with E-state index < -0.39 is 22.5 Å². The minimum atomic E-state index is -3.99. The number of ether oxygens (including phenoxy) is 1. The highest BCUT2D eigenvalue weighted by Crippen LogP contribution is 2.26. The quantitative estimate of drug-likeness (QED) is 0.166. The second-order valence-corrected chi connectivity index (χ2v) is 11.6. The van der Waals surface area contributed by atoms with E-state index in [9.17, 15) is 13.2 Å². The van der Waals surface area contributed by atoms with Gasteiger partial charge in [0.05, 0.1) is 16.8 Å². The molecule has 0 bridgehead atoms. The number of halogens is 1. The monoisotopic (exact) mass is 575 g/mol. The van der Waals surface area contributed by atoms with Crippen LogP contribution in [-0.2, 0) is 21.4 Å². The topological polar surface area (TPSA) is 88.1 Å². The van der Waals surface area contributed by atoms with E-state index in [1.165, 1.54) is 18.3 Å². The number of nitrogens with one attached hydrogen (secondary N) is 1. The first-order valence-electron chi connectivity index (χ1n) is 12.7. The molecule has 0 atom stereocenters. The van der Waals surface area contributed by atoms with Crippen LogP contribution in [0, 0.1) is 0 Å². The van der Waals surface area contributed by atoms with Gasteiger partial charge in [-0.05, 0) is 71.6 Å². The summed E-state index contributed by atoms with van der Waals surface area (Å²) in [5.41, 5.74) is 5.50. The molecule has 0 heterocycles. The van der Waals surface area contributed by atoms with Crippen LogP contribution in [0.4, 0.5) is 5.69 Å². The van der Waals surface area contributed by atoms with Crippen molar-refractivity contribution in [3.8, 4) is 5.75 Å². The van der Waals surface area contributed by atoms with Gasteiger partial charge in [0.2, 0.25) is 0 Å². The Hall–Kier alpha value is -4.14. The number of hydrogen-bond acceptors (Lipinski definition) is 5. The Kier molecular flexibility index (Phi) is 9.58. The molecule has 0 saturated carbocycles. The van der Waals surface area contributed by atoms with E-state index in [0.29, 0.717) is 23.1 Å². The van der Waals surface area contributed by atoms with Gasteiger partial charge in [-0.15, -0.1) is 0 Å². The van der Waals surface area contributed by atoms with Gasteiger partial charge in [-0.2, -0.15) is 5.10 Å². The fraction of sp³-hybridized carbons (Fsp3) is 0.161. The van der Waals surface area contributed by atoms with Crippen molar-refractivity contribution in [1.29, 1.82) is 0 Å². The summed E-state index contributed by atoms with van der Waals surface area (Å²) in [6.45, 7) is 4.01. The highest BCUT2D eigenvalue weighted by atomic mass is 35.5. The molecule has 0 aliphatic rings. The lowest BCUT2D eigenvalue weighted by atomic mass is 10.0. The molecule has 0 saturated heterocycles. The largest absolute Gasteiger partial charge is 0.489 e. The van der Waals surface area contributed by atoms with Gasteiger partial charge >= 0.3 is 0 Å². The maximum atomic E-state index is 13.5. The summed E-state index contributed by atoms with van der Waals surface area (Å²) in [4.78, 5) is 12.9. The summed E-state index contributed by atoms with van der Waals surface area (Å²) in [6.07, 6.45) is 1.48. The van der Waals surface area contributed by atoms with E-state index in [1.54, 1.807) is 54.6 Å². The first kappa shape index (κ1) is 28.9. The van der Waals surface area contributed by atoms with E-state index in [2.05, 4.69) is 24.4 Å². The predicted octanol–water partition coefficient (Wildman–Crippen LogP) is 6.39. The van der Waals surface area contributed by atoms with Gasteiger partial charge in [0.1, 0.15) is 18.9 Å². The molecule has 0 unspecified atom stereocenters. The van der Waals surface area contributed by atoms with Crippen LogP contribution in [0.25, 0.3) is 0 Å². The molecule has 7 nitrogen and oxygen atoms in total. The minimum absolute atomic E-state index is 0.0936. The molecule has 0 aliphatic heterocycles. The van der Waals surface area contributed by atoms with Gasteiger partial charge in [-0.1, -0.05) is 74.0 Å². The van der Waals surface area contributed by atoms with Gasteiger partial charge in [0, 0.05) is 10.6 Å². The summed E-state index contributed by atoms with van der Waals surface area (Å²) in [5.74, 6) is 0.364. The maximum Gasteiger partial charge on any atom is 0.264 e. The van der Waals surface area contributed by atoms with Crippen LogP contribution in [0.2, 0.25) is 5.02 Å². The minimum Gasteiger partial charge on any atom is -0.489 e. The van der Waals surface area contributed by atoms with Crippen molar-refractivity contribution >= 4 is 39.4 Å². The number of benzene rings is 4. The van der Waals surface area contributed by atoms with Crippen LogP contribution in [0.5, 0.6) is 5.75 Å². The number of amides is 1. The Bertz CT molecular complexity index is 1560. The van der Waals surface area contributed by atoms with Gasteiger partial charge in [0.25, 0.3) is 15.9 Å². The van der Waals surface area contributed by atoms with E-state index in [1.807, 2.05) is 36.4 Å². The smallest absolute Gasteiger partial charge is 0.264 e. The van der Waals surface area contributed by atoms with Crippen molar-refractivity contribution in [2.24, 2.45) is 5.10 Å². The van der Waals surface area contributed by atoms with Crippen molar-refractivity contribution in [3.63, 3.8) is 0 Å². The molecule has 4 rings (SSSR count). The molecule has 0 spiro atoms. The van der Waals surface area contributed by atoms with Gasteiger partial charge in [0.15, 0.2) is 0 Å². The number of anilines is 1. The third-order valence-electron chi connectivity index (χ3n) is 6.10. The molecule has 9 heteroatoms. The lowest BCUT2D eigenvalue weighted by Gasteiger charge is -2.24. The lowest BCUT2D eigenvalue weighted by Crippen LogP contribution is -2.39. The number of carbonyl (C=O) groups is 1. The van der Waals surface area contributed by atoms with Crippen molar-refractivity contribution in [2.45, 2.75) is 31.3 Å². The molecule has 206 valence electrons. The Labute approximate surface area is 240 Å². The summed E-state index contributed by atoms with van der Waals surface area (Å²) in [5, 5.41) is 4.65. The van der Waals surface area contributed by atoms with Crippen LogP contribution in [0.1, 0.15) is 36.5 Å². The second-order valence-electron chi connectivity index (χ2n) is 9.31. The van der Waals surface area contributed by atoms with Crippen molar-refractivity contribution in [3.05, 3.63) is 125 Å². The standard InChI is InChI=1S/C31H30ClN3O4S/c1-23(2)25-14-16-27(17-15-25)35(40(37,38)29-9-4-3-5-10-29)21-31(36)34-33-20-24-12-18-28(19-13-24)39-22-26-8-6-7-11-30(26)32/h3-20,23H,21-22H2,1-2H3,(H,34,36)/b33-20+. The molecule has 40 heavy (non-hydrogen) atoms. The predicted molar refractivity (Wildman–Crippen MR) is 159 cm³/mol. The normalized spacial score (nSPS) is 11.5. The molecule has 0 radical (unpaired) electrons. The highest BCUT2D eigenvalue weighted by molar-refractivity contribution is 7.92. The Morgan fingerprint density at radius 3 is 2.23 bits per heavy atom.